The van der Waals surface area contributed by atoms with Crippen molar-refractivity contribution in [3.63, 3.8) is 0 Å². The van der Waals surface area contributed by atoms with Crippen LogP contribution < -0.4 is 11.5 Å². The van der Waals surface area contributed by atoms with Crippen molar-refractivity contribution in [2.45, 2.75) is 18.4 Å². The van der Waals surface area contributed by atoms with Crippen LogP contribution in [0.5, 0.6) is 0 Å². The van der Waals surface area contributed by atoms with Gasteiger partial charge in [0.1, 0.15) is 5.54 Å². The molecule has 1 aliphatic carbocycles. The lowest BCUT2D eigenvalue weighted by Gasteiger charge is -2.21. The van der Waals surface area contributed by atoms with Gasteiger partial charge in [-0.2, -0.15) is 0 Å². The van der Waals surface area contributed by atoms with Gasteiger partial charge in [-0.3, -0.25) is 0 Å². The van der Waals surface area contributed by atoms with Gasteiger partial charge in [0.2, 0.25) is 0 Å². The van der Waals surface area contributed by atoms with Gasteiger partial charge in [0, 0.05) is 25.3 Å². The molecule has 1 rings (SSSR count). The Kier molecular flexibility index (Phi) is 6.40. The van der Waals surface area contributed by atoms with E-state index in [0.717, 1.165) is 0 Å². The van der Waals surface area contributed by atoms with Crippen molar-refractivity contribution < 1.29 is 20.1 Å². The molecule has 0 saturated heterocycles. The van der Waals surface area contributed by atoms with E-state index in [0.29, 0.717) is 12.1 Å². The van der Waals surface area contributed by atoms with Crippen LogP contribution in [0.3, 0.4) is 0 Å². The molecule has 6 nitrogen and oxygen atoms in total. The molecule has 0 spiro atoms. The molecule has 92 valence electrons. The van der Waals surface area contributed by atoms with E-state index in [1.807, 2.05) is 0 Å². The van der Waals surface area contributed by atoms with Crippen molar-refractivity contribution in [2.75, 3.05) is 13.2 Å². The lowest BCUT2D eigenvalue weighted by atomic mass is 9.92. The number of carboxylic acids is 1. The van der Waals surface area contributed by atoms with E-state index in [4.69, 9.17) is 26.8 Å². The molecule has 1 atom stereocenters. The fourth-order valence-corrected chi connectivity index (χ4v) is 0.897. The normalized spacial score (nSPS) is 23.1. The SMILES string of the molecule is NC1=CCC(N)(C(=O)O)C=C1.OCCCO. The van der Waals surface area contributed by atoms with E-state index in [1.54, 1.807) is 6.08 Å². The van der Waals surface area contributed by atoms with Gasteiger partial charge in [-0.15, -0.1) is 0 Å². The van der Waals surface area contributed by atoms with Gasteiger partial charge in [0.25, 0.3) is 0 Å². The Morgan fingerprint density at radius 1 is 1.44 bits per heavy atom. The summed E-state index contributed by atoms with van der Waals surface area (Å²) in [5.74, 6) is -1.03. The van der Waals surface area contributed by atoms with Crippen LogP contribution in [0.25, 0.3) is 0 Å². The highest BCUT2D eigenvalue weighted by atomic mass is 16.4. The monoisotopic (exact) mass is 230 g/mol. The predicted molar refractivity (Wildman–Crippen MR) is 59.4 cm³/mol. The van der Waals surface area contributed by atoms with E-state index in [2.05, 4.69) is 0 Å². The molecular formula is C10H18N2O4. The molecule has 0 aromatic heterocycles. The number of rotatable bonds is 3. The molecule has 0 aromatic rings. The predicted octanol–water partition coefficient (Wildman–Crippen LogP) is -1.07. The second-order valence-corrected chi connectivity index (χ2v) is 3.39. The van der Waals surface area contributed by atoms with Gasteiger partial charge in [-0.1, -0.05) is 12.2 Å². The number of aliphatic hydroxyl groups excluding tert-OH is 2. The molecule has 6 heteroatoms. The Morgan fingerprint density at radius 3 is 2.25 bits per heavy atom. The molecule has 16 heavy (non-hydrogen) atoms. The zero-order valence-electron chi connectivity index (χ0n) is 8.97. The molecule has 0 saturated carbocycles. The lowest BCUT2D eigenvalue weighted by molar-refractivity contribution is -0.141. The topological polar surface area (TPSA) is 130 Å². The third kappa shape index (κ3) is 4.92. The maximum atomic E-state index is 10.5. The van der Waals surface area contributed by atoms with Crippen molar-refractivity contribution in [3.8, 4) is 0 Å². The summed E-state index contributed by atoms with van der Waals surface area (Å²) < 4.78 is 0. The first kappa shape index (κ1) is 14.6. The van der Waals surface area contributed by atoms with E-state index in [-0.39, 0.29) is 19.6 Å². The molecule has 0 fully saturated rings. The van der Waals surface area contributed by atoms with Crippen molar-refractivity contribution in [1.29, 1.82) is 0 Å². The summed E-state index contributed by atoms with van der Waals surface area (Å²) in [4.78, 5) is 10.5. The van der Waals surface area contributed by atoms with Gasteiger partial charge in [-0.25, -0.2) is 4.79 Å². The quantitative estimate of drug-likeness (QED) is 0.420. The lowest BCUT2D eigenvalue weighted by Crippen LogP contribution is -2.46. The Balaban J connectivity index is 0.000000385. The Labute approximate surface area is 93.9 Å². The Morgan fingerprint density at radius 2 is 2.00 bits per heavy atom. The largest absolute Gasteiger partial charge is 0.480 e. The van der Waals surface area contributed by atoms with Crippen LogP contribution in [0, 0.1) is 0 Å². The van der Waals surface area contributed by atoms with E-state index < -0.39 is 11.5 Å². The van der Waals surface area contributed by atoms with Crippen molar-refractivity contribution >= 4 is 5.97 Å². The summed E-state index contributed by atoms with van der Waals surface area (Å²) in [6, 6.07) is 0. The van der Waals surface area contributed by atoms with Gasteiger partial charge < -0.3 is 26.8 Å². The van der Waals surface area contributed by atoms with Crippen molar-refractivity contribution in [3.05, 3.63) is 23.9 Å². The number of carboxylic acid groups (broad SMARTS) is 1. The van der Waals surface area contributed by atoms with E-state index in [1.165, 1.54) is 12.2 Å². The molecular weight excluding hydrogens is 212 g/mol. The summed E-state index contributed by atoms with van der Waals surface area (Å²) in [7, 11) is 0. The third-order valence-corrected chi connectivity index (χ3v) is 1.96. The first-order valence-electron chi connectivity index (χ1n) is 4.85. The van der Waals surface area contributed by atoms with Crippen LogP contribution in [-0.4, -0.2) is 40.0 Å². The molecule has 0 aromatic carbocycles. The molecule has 0 radical (unpaired) electrons. The van der Waals surface area contributed by atoms with Crippen LogP contribution in [0.1, 0.15) is 12.8 Å². The summed E-state index contributed by atoms with van der Waals surface area (Å²) in [5.41, 5.74) is 10.2. The molecule has 1 unspecified atom stereocenters. The number of hydrogen-bond acceptors (Lipinski definition) is 5. The maximum absolute atomic E-state index is 10.5. The summed E-state index contributed by atoms with van der Waals surface area (Å²) >= 11 is 0. The van der Waals surface area contributed by atoms with Crippen LogP contribution in [-0.2, 0) is 4.79 Å². The fraction of sp³-hybridized carbons (Fsp3) is 0.500. The Bertz CT molecular complexity index is 287. The number of carbonyl (C=O) groups is 1. The third-order valence-electron chi connectivity index (χ3n) is 1.96. The van der Waals surface area contributed by atoms with Gasteiger partial charge in [-0.05, 0) is 12.5 Å². The van der Waals surface area contributed by atoms with Crippen molar-refractivity contribution in [1.82, 2.24) is 0 Å². The maximum Gasteiger partial charge on any atom is 0.328 e. The van der Waals surface area contributed by atoms with E-state index >= 15 is 0 Å². The molecule has 0 bridgehead atoms. The minimum absolute atomic E-state index is 0.0938. The fourth-order valence-electron chi connectivity index (χ4n) is 0.897. The van der Waals surface area contributed by atoms with Crippen LogP contribution in [0.15, 0.2) is 23.9 Å². The van der Waals surface area contributed by atoms with Gasteiger partial charge in [0.15, 0.2) is 0 Å². The number of allylic oxidation sites excluding steroid dienone is 1. The standard InChI is InChI=1S/C7H10N2O2.C3H8O2/c8-5-1-3-7(9,4-2-5)6(10)11;4-2-1-3-5/h1-3H,4,8-9H2,(H,10,11);4-5H,1-3H2. The first-order valence-corrected chi connectivity index (χ1v) is 4.85. The van der Waals surface area contributed by atoms with Gasteiger partial charge >= 0.3 is 5.97 Å². The second kappa shape index (κ2) is 7.00. The summed E-state index contributed by atoms with van der Waals surface area (Å²) in [6.07, 6.45) is 5.28. The Hall–Kier alpha value is -1.37. The second-order valence-electron chi connectivity index (χ2n) is 3.39. The van der Waals surface area contributed by atoms with Gasteiger partial charge in [0.05, 0.1) is 0 Å². The van der Waals surface area contributed by atoms with Crippen molar-refractivity contribution in [2.24, 2.45) is 11.5 Å². The zero-order chi connectivity index (χ0) is 12.6. The van der Waals surface area contributed by atoms with Crippen LogP contribution in [0.4, 0.5) is 0 Å². The minimum Gasteiger partial charge on any atom is -0.480 e. The van der Waals surface area contributed by atoms with Crippen LogP contribution >= 0.6 is 0 Å². The van der Waals surface area contributed by atoms with E-state index in [9.17, 15) is 4.79 Å². The number of hydrogen-bond donors (Lipinski definition) is 5. The smallest absolute Gasteiger partial charge is 0.328 e. The average Bonchev–Trinajstić information content (AvgIpc) is 2.24. The molecule has 7 N–H and O–H groups in total. The number of aliphatic carboxylic acids is 1. The highest BCUT2D eigenvalue weighted by Gasteiger charge is 2.31. The average molecular weight is 230 g/mol. The molecule has 0 amide bonds. The summed E-state index contributed by atoms with van der Waals surface area (Å²) in [6.45, 7) is 0.188. The molecule has 0 aliphatic heterocycles. The zero-order valence-corrected chi connectivity index (χ0v) is 8.97. The molecule has 1 aliphatic rings. The molecule has 0 heterocycles. The first-order chi connectivity index (χ1) is 7.46. The number of nitrogens with two attached hydrogens (primary N) is 2. The number of aliphatic hydroxyl groups is 2. The van der Waals surface area contributed by atoms with Crippen LogP contribution in [0.2, 0.25) is 0 Å². The summed E-state index contributed by atoms with van der Waals surface area (Å²) in [5, 5.41) is 24.4. The highest BCUT2D eigenvalue weighted by Crippen LogP contribution is 2.16. The highest BCUT2D eigenvalue weighted by molar-refractivity contribution is 5.82. The minimum atomic E-state index is -1.26.